The van der Waals surface area contributed by atoms with E-state index >= 15 is 0 Å². The highest BCUT2D eigenvalue weighted by molar-refractivity contribution is 7.90. The zero-order valence-corrected chi connectivity index (χ0v) is 19.5. The van der Waals surface area contributed by atoms with Crippen molar-refractivity contribution in [3.8, 4) is 0 Å². The van der Waals surface area contributed by atoms with E-state index in [9.17, 15) is 17.6 Å². The number of amides is 1. The van der Waals surface area contributed by atoms with Crippen LogP contribution in [0.5, 0.6) is 0 Å². The largest absolute Gasteiger partial charge is 0.337 e. The lowest BCUT2D eigenvalue weighted by atomic mass is 10.1. The number of hydrogen-bond donors (Lipinski definition) is 1. The number of halogens is 1. The normalized spacial score (nSPS) is 11.6. The number of carbonyl (C=O) groups is 1. The van der Waals surface area contributed by atoms with E-state index in [-0.39, 0.29) is 23.1 Å². The topological polar surface area (TPSA) is 68.2 Å². The van der Waals surface area contributed by atoms with Gasteiger partial charge in [-0.3, -0.25) is 4.79 Å². The second kappa shape index (κ2) is 8.83. The molecule has 0 saturated heterocycles. The van der Waals surface area contributed by atoms with Gasteiger partial charge in [0.15, 0.2) is 9.84 Å². The van der Waals surface area contributed by atoms with Crippen LogP contribution in [0.25, 0.3) is 10.9 Å². The predicted octanol–water partition coefficient (Wildman–Crippen LogP) is 5.32. The highest BCUT2D eigenvalue weighted by atomic mass is 32.2. The first kappa shape index (κ1) is 22.7. The molecule has 0 fully saturated rings. The molecule has 0 aliphatic rings. The molecule has 1 heterocycles. The number of aromatic nitrogens is 1. The molecule has 5 nitrogen and oxygen atoms in total. The predicted molar refractivity (Wildman–Crippen MR) is 129 cm³/mol. The maximum atomic E-state index is 13.2. The molecule has 0 atom stereocenters. The first-order chi connectivity index (χ1) is 15.6. The monoisotopic (exact) mass is 464 g/mol. The second-order valence-corrected chi connectivity index (χ2v) is 10.3. The number of nitrogens with one attached hydrogen (secondary N) is 1. The van der Waals surface area contributed by atoms with Crippen molar-refractivity contribution in [1.82, 2.24) is 4.57 Å². The molecule has 3 aromatic carbocycles. The summed E-state index contributed by atoms with van der Waals surface area (Å²) in [5.74, 6) is -0.916. The van der Waals surface area contributed by atoms with Crippen molar-refractivity contribution in [1.29, 1.82) is 0 Å². The minimum atomic E-state index is -3.72. The van der Waals surface area contributed by atoms with Gasteiger partial charge in [-0.25, -0.2) is 12.8 Å². The molecule has 0 aliphatic carbocycles. The van der Waals surface area contributed by atoms with Gasteiger partial charge < -0.3 is 9.88 Å². The van der Waals surface area contributed by atoms with Crippen LogP contribution in [0.2, 0.25) is 0 Å². The molecular formula is C26H25FN2O3S. The van der Waals surface area contributed by atoms with E-state index < -0.39 is 15.7 Å². The summed E-state index contributed by atoms with van der Waals surface area (Å²) in [6, 6.07) is 16.5. The third-order valence-corrected chi connectivity index (χ3v) is 7.32. The maximum Gasteiger partial charge on any atom is 0.244 e. The fourth-order valence-electron chi connectivity index (χ4n) is 4.18. The lowest BCUT2D eigenvalue weighted by Crippen LogP contribution is -2.19. The van der Waals surface area contributed by atoms with Crippen LogP contribution in [0.1, 0.15) is 22.3 Å². The van der Waals surface area contributed by atoms with E-state index in [1.165, 1.54) is 30.5 Å². The highest BCUT2D eigenvalue weighted by Crippen LogP contribution is 2.28. The molecule has 170 valence electrons. The summed E-state index contributed by atoms with van der Waals surface area (Å²) >= 11 is 0. The number of aryl methyl sites for hydroxylation is 3. The number of para-hydroxylation sites is 1. The number of hydrogen-bond acceptors (Lipinski definition) is 3. The molecule has 33 heavy (non-hydrogen) atoms. The SMILES string of the molecule is Cc1cc(C)c(NC(=O)Cn2cc(S(=O)(=O)Cc3ccc(F)cc3)c3ccccc32)c(C)c1. The van der Waals surface area contributed by atoms with Crippen LogP contribution in [0, 0.1) is 26.6 Å². The number of fused-ring (bicyclic) bond motifs is 1. The van der Waals surface area contributed by atoms with Crippen LogP contribution in [-0.4, -0.2) is 18.9 Å². The second-order valence-electron chi connectivity index (χ2n) is 8.35. The Morgan fingerprint density at radius 2 is 1.61 bits per heavy atom. The lowest BCUT2D eigenvalue weighted by molar-refractivity contribution is -0.116. The minimum Gasteiger partial charge on any atom is -0.337 e. The van der Waals surface area contributed by atoms with Gasteiger partial charge in [0.05, 0.1) is 10.6 Å². The molecule has 0 radical (unpaired) electrons. The molecule has 1 amide bonds. The minimum absolute atomic E-state index is 0.0284. The Labute approximate surface area is 192 Å². The average molecular weight is 465 g/mol. The van der Waals surface area contributed by atoms with E-state index in [1.807, 2.05) is 32.9 Å². The van der Waals surface area contributed by atoms with Gasteiger partial charge in [0, 0.05) is 22.8 Å². The van der Waals surface area contributed by atoms with E-state index in [0.717, 1.165) is 22.4 Å². The smallest absolute Gasteiger partial charge is 0.244 e. The van der Waals surface area contributed by atoms with Crippen LogP contribution in [0.3, 0.4) is 0 Å². The van der Waals surface area contributed by atoms with Crippen LogP contribution >= 0.6 is 0 Å². The summed E-state index contributed by atoms with van der Waals surface area (Å²) < 4.78 is 41.3. The summed E-state index contributed by atoms with van der Waals surface area (Å²) in [5, 5.41) is 3.52. The molecule has 1 aromatic heterocycles. The fraction of sp³-hybridized carbons (Fsp3) is 0.192. The molecule has 1 N–H and O–H groups in total. The van der Waals surface area contributed by atoms with Crippen molar-refractivity contribution < 1.29 is 17.6 Å². The van der Waals surface area contributed by atoms with Crippen molar-refractivity contribution >= 4 is 32.3 Å². The van der Waals surface area contributed by atoms with Crippen molar-refractivity contribution in [2.24, 2.45) is 0 Å². The van der Waals surface area contributed by atoms with Crippen LogP contribution in [0.15, 0.2) is 71.8 Å². The molecule has 0 unspecified atom stereocenters. The Morgan fingerprint density at radius 1 is 0.970 bits per heavy atom. The van der Waals surface area contributed by atoms with Gasteiger partial charge >= 0.3 is 0 Å². The number of benzene rings is 3. The molecule has 0 spiro atoms. The number of sulfone groups is 1. The molecule has 0 aliphatic heterocycles. The van der Waals surface area contributed by atoms with Crippen LogP contribution in [-0.2, 0) is 26.9 Å². The number of nitrogens with zero attached hydrogens (tertiary/aromatic N) is 1. The van der Waals surface area contributed by atoms with Gasteiger partial charge in [-0.15, -0.1) is 0 Å². The van der Waals surface area contributed by atoms with Crippen LogP contribution in [0.4, 0.5) is 10.1 Å². The Hall–Kier alpha value is -3.45. The zero-order chi connectivity index (χ0) is 23.8. The lowest BCUT2D eigenvalue weighted by Gasteiger charge is -2.13. The Bertz CT molecular complexity index is 1430. The number of rotatable bonds is 6. The first-order valence-corrected chi connectivity index (χ1v) is 12.2. The van der Waals surface area contributed by atoms with Gasteiger partial charge in [0.25, 0.3) is 0 Å². The highest BCUT2D eigenvalue weighted by Gasteiger charge is 2.22. The molecule has 0 saturated carbocycles. The summed E-state index contributed by atoms with van der Waals surface area (Å²) in [6.07, 6.45) is 1.51. The quantitative estimate of drug-likeness (QED) is 0.420. The van der Waals surface area contributed by atoms with Gasteiger partial charge in [-0.1, -0.05) is 48.0 Å². The van der Waals surface area contributed by atoms with Gasteiger partial charge in [0.1, 0.15) is 12.4 Å². The Balaban J connectivity index is 1.65. The average Bonchev–Trinajstić information content (AvgIpc) is 3.12. The maximum absolute atomic E-state index is 13.2. The molecule has 4 rings (SSSR count). The summed E-state index contributed by atoms with van der Waals surface area (Å²) in [5.41, 5.74) is 4.99. The van der Waals surface area contributed by atoms with E-state index in [4.69, 9.17) is 0 Å². The third kappa shape index (κ3) is 4.83. The summed E-state index contributed by atoms with van der Waals surface area (Å²) in [7, 11) is -3.72. The van der Waals surface area contributed by atoms with Crippen LogP contribution < -0.4 is 5.32 Å². The molecule has 0 bridgehead atoms. The third-order valence-electron chi connectivity index (χ3n) is 5.61. The summed E-state index contributed by atoms with van der Waals surface area (Å²) in [6.45, 7) is 5.87. The summed E-state index contributed by atoms with van der Waals surface area (Å²) in [4.78, 5) is 13.0. The first-order valence-electron chi connectivity index (χ1n) is 10.6. The van der Waals surface area contributed by atoms with Crippen molar-refractivity contribution in [3.05, 3.63) is 94.9 Å². The zero-order valence-electron chi connectivity index (χ0n) is 18.7. The van der Waals surface area contributed by atoms with Gasteiger partial charge in [-0.2, -0.15) is 0 Å². The Morgan fingerprint density at radius 3 is 2.27 bits per heavy atom. The Kier molecular flexibility index (Phi) is 6.08. The fourth-order valence-corrected chi connectivity index (χ4v) is 5.76. The van der Waals surface area contributed by atoms with E-state index in [1.54, 1.807) is 28.8 Å². The van der Waals surface area contributed by atoms with Gasteiger partial charge in [-0.05, 0) is 55.7 Å². The van der Waals surface area contributed by atoms with Crippen molar-refractivity contribution in [3.63, 3.8) is 0 Å². The van der Waals surface area contributed by atoms with Crippen molar-refractivity contribution in [2.45, 2.75) is 38.0 Å². The molecule has 7 heteroatoms. The van der Waals surface area contributed by atoms with E-state index in [0.29, 0.717) is 16.5 Å². The standard InChI is InChI=1S/C26H25FN2O3S/c1-17-12-18(2)26(19(3)13-17)28-25(30)15-29-14-24(22-6-4-5-7-23(22)29)33(31,32)16-20-8-10-21(27)11-9-20/h4-14H,15-16H2,1-3H3,(H,28,30). The number of anilines is 1. The van der Waals surface area contributed by atoms with E-state index in [2.05, 4.69) is 5.32 Å². The van der Waals surface area contributed by atoms with Crippen molar-refractivity contribution in [2.75, 3.05) is 5.32 Å². The number of carbonyl (C=O) groups excluding carboxylic acids is 1. The molecular weight excluding hydrogens is 439 g/mol. The molecule has 4 aromatic rings. The van der Waals surface area contributed by atoms with Gasteiger partial charge in [0.2, 0.25) is 5.91 Å².